The fourth-order valence-electron chi connectivity index (χ4n) is 3.71. The Morgan fingerprint density at radius 1 is 0.800 bits per heavy atom. The third-order valence-electron chi connectivity index (χ3n) is 5.61. The van der Waals surface area contributed by atoms with Crippen LogP contribution in [0.3, 0.4) is 0 Å². The molecule has 0 saturated heterocycles. The molecule has 0 aliphatic carbocycles. The molecule has 0 spiro atoms. The summed E-state index contributed by atoms with van der Waals surface area (Å²) in [6, 6.07) is 18.5. The lowest BCUT2D eigenvalue weighted by molar-refractivity contribution is 0.168. The van der Waals surface area contributed by atoms with Crippen LogP contribution in [-0.4, -0.2) is 49.5 Å². The molecular weight excluding hydrogens is 512 g/mol. The van der Waals surface area contributed by atoms with Crippen LogP contribution in [0.1, 0.15) is 39.5 Å². The van der Waals surface area contributed by atoms with Crippen molar-refractivity contribution in [1.29, 1.82) is 0 Å². The van der Waals surface area contributed by atoms with Crippen molar-refractivity contribution in [1.82, 2.24) is 0 Å². The lowest BCUT2D eigenvalue weighted by Crippen LogP contribution is -2.22. The minimum atomic E-state index is 0.116. The molecule has 0 saturated carbocycles. The highest BCUT2D eigenvalue weighted by Gasteiger charge is 2.22. The fourth-order valence-corrected chi connectivity index (χ4v) is 3.98. The first kappa shape index (κ1) is 26.7. The molecule has 9 heteroatoms. The maximum Gasteiger partial charge on any atom is 0.282 e. The molecule has 0 unspecified atom stereocenters. The number of rotatable bonds is 10. The van der Waals surface area contributed by atoms with Crippen LogP contribution in [0, 0.1) is 0 Å². The lowest BCUT2D eigenvalue weighted by atomic mass is 10.1. The van der Waals surface area contributed by atoms with Gasteiger partial charge in [0.1, 0.15) is 36.9 Å². The van der Waals surface area contributed by atoms with Gasteiger partial charge in [0.05, 0.1) is 12.1 Å². The molecule has 2 aromatic rings. The van der Waals surface area contributed by atoms with Gasteiger partial charge in [0.2, 0.25) is 0 Å². The van der Waals surface area contributed by atoms with E-state index in [0.717, 1.165) is 41.7 Å². The van der Waals surface area contributed by atoms with E-state index in [1.54, 1.807) is 0 Å². The van der Waals surface area contributed by atoms with Crippen LogP contribution in [-0.2, 0) is 9.47 Å². The quantitative estimate of drug-likeness (QED) is 0.448. The van der Waals surface area contributed by atoms with Gasteiger partial charge in [-0.3, -0.25) is 0 Å². The third kappa shape index (κ3) is 9.32. The first-order valence-corrected chi connectivity index (χ1v) is 12.8. The van der Waals surface area contributed by atoms with E-state index in [1.807, 2.05) is 54.6 Å². The second-order valence-corrected chi connectivity index (χ2v) is 9.31. The van der Waals surface area contributed by atoms with Crippen LogP contribution >= 0.6 is 15.9 Å². The van der Waals surface area contributed by atoms with Crippen molar-refractivity contribution in [3.63, 3.8) is 0 Å². The van der Waals surface area contributed by atoms with Gasteiger partial charge < -0.3 is 30.4 Å². The summed E-state index contributed by atoms with van der Waals surface area (Å²) in [4.78, 5) is 8.43. The molecule has 0 amide bonds. The maximum absolute atomic E-state index is 5.93. The maximum atomic E-state index is 5.93. The largest absolute Gasteiger partial charge is 0.490 e. The summed E-state index contributed by atoms with van der Waals surface area (Å²) in [5.41, 5.74) is 11.0. The van der Waals surface area contributed by atoms with E-state index in [1.165, 1.54) is 0 Å². The molecule has 2 aromatic carbocycles. The molecule has 4 N–H and O–H groups in total. The van der Waals surface area contributed by atoms with Crippen molar-refractivity contribution in [3.05, 3.63) is 59.1 Å². The number of para-hydroxylation sites is 1. The van der Waals surface area contributed by atoms with Crippen molar-refractivity contribution in [2.75, 3.05) is 13.2 Å². The van der Waals surface area contributed by atoms with Gasteiger partial charge in [-0.25, -0.2) is 9.98 Å². The van der Waals surface area contributed by atoms with Crippen LogP contribution in [0.2, 0.25) is 0 Å². The summed E-state index contributed by atoms with van der Waals surface area (Å²) in [5, 5.41) is 0. The summed E-state index contributed by atoms with van der Waals surface area (Å²) < 4.78 is 23.1. The molecule has 0 fully saturated rings. The fraction of sp³-hybridized carbons (Fsp3) is 0.462. The Balaban J connectivity index is 0.000000196. The molecular formula is C26H35BrN4O4. The monoisotopic (exact) mass is 546 g/mol. The number of halogens is 1. The standard InChI is InChI=1S/C13H17BrN2O2.C13H18N2O2/c1-2-11(7-10-8-17-13(15)16-10)18-12-5-3-9(14)4-6-12;1-2-11(8-10-9-16-13(14)15-10)17-12-6-4-3-5-7-12/h3-6,10-11H,2,7-8H2,1H3,(H2,15,16);3-7,10-11H,2,8-9H2,1H3,(H2,14,15)/t2*10-,11-/m00/s1. The lowest BCUT2D eigenvalue weighted by Gasteiger charge is -2.19. The second kappa shape index (κ2) is 13.8. The van der Waals surface area contributed by atoms with Gasteiger partial charge >= 0.3 is 0 Å². The number of ether oxygens (including phenoxy) is 4. The van der Waals surface area contributed by atoms with Crippen LogP contribution in [0.25, 0.3) is 0 Å². The van der Waals surface area contributed by atoms with Gasteiger partial charge in [0, 0.05) is 17.3 Å². The van der Waals surface area contributed by atoms with Crippen molar-refractivity contribution >= 4 is 28.0 Å². The van der Waals surface area contributed by atoms with Crippen molar-refractivity contribution < 1.29 is 18.9 Å². The van der Waals surface area contributed by atoms with Gasteiger partial charge in [-0.15, -0.1) is 0 Å². The van der Waals surface area contributed by atoms with E-state index in [9.17, 15) is 0 Å². The summed E-state index contributed by atoms with van der Waals surface area (Å²) in [6.45, 7) is 5.34. The van der Waals surface area contributed by atoms with E-state index in [2.05, 4.69) is 39.8 Å². The highest BCUT2D eigenvalue weighted by molar-refractivity contribution is 9.10. The first-order chi connectivity index (χ1) is 16.9. The van der Waals surface area contributed by atoms with Crippen molar-refractivity contribution in [3.8, 4) is 11.5 Å². The molecule has 2 heterocycles. The first-order valence-electron chi connectivity index (χ1n) is 12.0. The SMILES string of the molecule is CC[C@@H](C[C@H]1COC(N)=N1)Oc1ccc(Br)cc1.CC[C@@H](C[C@H]1COC(N)=N1)Oc1ccccc1. The average Bonchev–Trinajstić information content (AvgIpc) is 3.47. The van der Waals surface area contributed by atoms with E-state index in [0.29, 0.717) is 25.3 Å². The molecule has 0 bridgehead atoms. The van der Waals surface area contributed by atoms with Gasteiger partial charge in [-0.1, -0.05) is 48.0 Å². The molecule has 2 aliphatic heterocycles. The Kier molecular flexibility index (Phi) is 10.5. The zero-order valence-corrected chi connectivity index (χ0v) is 21.9. The van der Waals surface area contributed by atoms with Crippen LogP contribution in [0.5, 0.6) is 11.5 Å². The Hall–Kier alpha value is -2.94. The van der Waals surface area contributed by atoms with Crippen molar-refractivity contribution in [2.24, 2.45) is 21.5 Å². The van der Waals surface area contributed by atoms with E-state index in [-0.39, 0.29) is 24.3 Å². The minimum Gasteiger partial charge on any atom is -0.490 e. The number of hydrogen-bond donors (Lipinski definition) is 2. The molecule has 0 aromatic heterocycles. The van der Waals surface area contributed by atoms with E-state index in [4.69, 9.17) is 30.4 Å². The van der Waals surface area contributed by atoms with Crippen LogP contribution in [0.15, 0.2) is 69.1 Å². The zero-order chi connectivity index (χ0) is 25.0. The Labute approximate surface area is 215 Å². The molecule has 190 valence electrons. The van der Waals surface area contributed by atoms with Gasteiger partial charge in [0.15, 0.2) is 0 Å². The molecule has 4 atom stereocenters. The number of nitrogens with two attached hydrogens (primary N) is 2. The summed E-state index contributed by atoms with van der Waals surface area (Å²) >= 11 is 3.40. The van der Waals surface area contributed by atoms with E-state index < -0.39 is 0 Å². The van der Waals surface area contributed by atoms with Crippen molar-refractivity contribution in [2.45, 2.75) is 63.8 Å². The summed E-state index contributed by atoms with van der Waals surface area (Å²) in [5.74, 6) is 1.77. The molecule has 4 rings (SSSR count). The minimum absolute atomic E-state index is 0.116. The normalized spacial score (nSPS) is 20.3. The molecule has 8 nitrogen and oxygen atoms in total. The Bertz CT molecular complexity index is 956. The number of aliphatic imine (C=N–C) groups is 2. The van der Waals surface area contributed by atoms with Gasteiger partial charge in [0.25, 0.3) is 12.0 Å². The third-order valence-corrected chi connectivity index (χ3v) is 6.14. The predicted molar refractivity (Wildman–Crippen MR) is 142 cm³/mol. The van der Waals surface area contributed by atoms with Crippen LogP contribution in [0.4, 0.5) is 0 Å². The molecule has 0 radical (unpaired) electrons. The van der Waals surface area contributed by atoms with E-state index >= 15 is 0 Å². The smallest absolute Gasteiger partial charge is 0.282 e. The zero-order valence-electron chi connectivity index (χ0n) is 20.3. The van der Waals surface area contributed by atoms with Crippen LogP contribution < -0.4 is 20.9 Å². The average molecular weight is 547 g/mol. The van der Waals surface area contributed by atoms with Gasteiger partial charge in [-0.2, -0.15) is 0 Å². The summed E-state index contributed by atoms with van der Waals surface area (Å²) in [6.07, 6.45) is 3.83. The summed E-state index contributed by atoms with van der Waals surface area (Å²) in [7, 11) is 0. The Morgan fingerprint density at radius 3 is 1.66 bits per heavy atom. The highest BCUT2D eigenvalue weighted by atomic mass is 79.9. The Morgan fingerprint density at radius 2 is 1.26 bits per heavy atom. The highest BCUT2D eigenvalue weighted by Crippen LogP contribution is 2.21. The number of benzene rings is 2. The predicted octanol–water partition coefficient (Wildman–Crippen LogP) is 4.66. The molecule has 35 heavy (non-hydrogen) atoms. The second-order valence-electron chi connectivity index (χ2n) is 8.40. The topological polar surface area (TPSA) is 114 Å². The number of amidine groups is 2. The number of hydrogen-bond acceptors (Lipinski definition) is 8. The number of nitrogens with zero attached hydrogens (tertiary/aromatic N) is 2. The van der Waals surface area contributed by atoms with Gasteiger partial charge in [-0.05, 0) is 49.2 Å². The molecule has 2 aliphatic rings.